The Morgan fingerprint density at radius 3 is 2.61 bits per heavy atom. The lowest BCUT2D eigenvalue weighted by Crippen LogP contribution is -2.31. The highest BCUT2D eigenvalue weighted by Crippen LogP contribution is 2.13. The zero-order valence-corrected chi connectivity index (χ0v) is 13.0. The van der Waals surface area contributed by atoms with Gasteiger partial charge in [-0.1, -0.05) is 13.8 Å². The van der Waals surface area contributed by atoms with Gasteiger partial charge in [0, 0.05) is 17.5 Å². The van der Waals surface area contributed by atoms with E-state index in [1.807, 2.05) is 5.51 Å². The third kappa shape index (κ3) is 5.46. The highest BCUT2D eigenvalue weighted by molar-refractivity contribution is 7.07. The minimum Gasteiger partial charge on any atom is -0.306 e. The Balaban J connectivity index is 2.19. The summed E-state index contributed by atoms with van der Waals surface area (Å²) in [4.78, 5) is 6.83. The molecule has 18 heavy (non-hydrogen) atoms. The Morgan fingerprint density at radius 1 is 1.33 bits per heavy atom. The van der Waals surface area contributed by atoms with Crippen molar-refractivity contribution < 1.29 is 0 Å². The third-order valence-corrected chi connectivity index (χ3v) is 4.04. The van der Waals surface area contributed by atoms with Crippen LogP contribution in [0, 0.1) is 0 Å². The molecular weight excluding hydrogens is 242 g/mol. The van der Waals surface area contributed by atoms with Gasteiger partial charge in [-0.25, -0.2) is 4.98 Å². The molecule has 0 aromatic carbocycles. The van der Waals surface area contributed by atoms with Gasteiger partial charge < -0.3 is 10.2 Å². The van der Waals surface area contributed by atoms with Crippen molar-refractivity contribution in [2.45, 2.75) is 52.6 Å². The molecule has 2 atom stereocenters. The van der Waals surface area contributed by atoms with Gasteiger partial charge in [-0.2, -0.15) is 0 Å². The van der Waals surface area contributed by atoms with Crippen molar-refractivity contribution in [2.24, 2.45) is 0 Å². The molecule has 0 radical (unpaired) electrons. The standard InChI is InChI=1S/C14H27N3S/c1-5-17(6-2)9-7-8-12(3)16-13(4)14-10-18-11-15-14/h10-13,16H,5-9H2,1-4H3. The predicted octanol–water partition coefficient (Wildman–Crippen LogP) is 3.30. The lowest BCUT2D eigenvalue weighted by atomic mass is 10.1. The molecule has 0 aliphatic carbocycles. The zero-order valence-electron chi connectivity index (χ0n) is 12.1. The van der Waals surface area contributed by atoms with Crippen LogP contribution in [0.15, 0.2) is 10.9 Å². The Morgan fingerprint density at radius 2 is 2.06 bits per heavy atom. The van der Waals surface area contributed by atoms with Gasteiger partial charge in [-0.3, -0.25) is 0 Å². The molecule has 3 nitrogen and oxygen atoms in total. The molecule has 1 aromatic heterocycles. The van der Waals surface area contributed by atoms with Crippen molar-refractivity contribution in [3.8, 4) is 0 Å². The van der Waals surface area contributed by atoms with Gasteiger partial charge in [0.15, 0.2) is 0 Å². The minimum atomic E-state index is 0.361. The first-order valence-corrected chi connectivity index (χ1v) is 7.98. The number of thiazole rings is 1. The van der Waals surface area contributed by atoms with E-state index in [0.29, 0.717) is 12.1 Å². The second-order valence-electron chi connectivity index (χ2n) is 4.87. The number of rotatable bonds is 9. The van der Waals surface area contributed by atoms with E-state index >= 15 is 0 Å². The van der Waals surface area contributed by atoms with Gasteiger partial charge in [0.05, 0.1) is 11.2 Å². The van der Waals surface area contributed by atoms with E-state index in [2.05, 4.69) is 48.3 Å². The van der Waals surface area contributed by atoms with Crippen LogP contribution >= 0.6 is 11.3 Å². The van der Waals surface area contributed by atoms with E-state index in [1.165, 1.54) is 19.4 Å². The van der Waals surface area contributed by atoms with Crippen molar-refractivity contribution in [3.63, 3.8) is 0 Å². The average molecular weight is 269 g/mol. The maximum absolute atomic E-state index is 4.35. The van der Waals surface area contributed by atoms with Crippen LogP contribution in [0.1, 0.15) is 52.3 Å². The van der Waals surface area contributed by atoms with Crippen LogP contribution in [0.3, 0.4) is 0 Å². The van der Waals surface area contributed by atoms with Gasteiger partial charge >= 0.3 is 0 Å². The van der Waals surface area contributed by atoms with Crippen LogP contribution < -0.4 is 5.32 Å². The molecule has 0 bridgehead atoms. The summed E-state index contributed by atoms with van der Waals surface area (Å²) in [6.07, 6.45) is 2.49. The SMILES string of the molecule is CCN(CC)CCCC(C)NC(C)c1cscn1. The second-order valence-corrected chi connectivity index (χ2v) is 5.59. The minimum absolute atomic E-state index is 0.361. The molecule has 0 amide bonds. The van der Waals surface area contributed by atoms with Crippen LogP contribution in [-0.4, -0.2) is 35.6 Å². The fraction of sp³-hybridized carbons (Fsp3) is 0.786. The molecule has 1 heterocycles. The molecule has 0 aliphatic rings. The molecule has 0 saturated heterocycles. The van der Waals surface area contributed by atoms with Crippen LogP contribution in [0.25, 0.3) is 0 Å². The molecular formula is C14H27N3S. The summed E-state index contributed by atoms with van der Waals surface area (Å²) in [5.41, 5.74) is 3.06. The highest BCUT2D eigenvalue weighted by Gasteiger charge is 2.11. The lowest BCUT2D eigenvalue weighted by molar-refractivity contribution is 0.288. The summed E-state index contributed by atoms with van der Waals surface area (Å²) in [7, 11) is 0. The van der Waals surface area contributed by atoms with Crippen LogP contribution in [0.2, 0.25) is 0 Å². The van der Waals surface area contributed by atoms with E-state index < -0.39 is 0 Å². The summed E-state index contributed by atoms with van der Waals surface area (Å²) in [5.74, 6) is 0. The largest absolute Gasteiger partial charge is 0.306 e. The summed E-state index contributed by atoms with van der Waals surface area (Å²) >= 11 is 1.66. The first-order chi connectivity index (χ1) is 8.67. The number of nitrogens with one attached hydrogen (secondary N) is 1. The first-order valence-electron chi connectivity index (χ1n) is 7.03. The van der Waals surface area contributed by atoms with Crippen LogP contribution in [0.5, 0.6) is 0 Å². The Labute approximate surface area is 116 Å². The van der Waals surface area contributed by atoms with Gasteiger partial charge in [-0.05, 0) is 46.3 Å². The van der Waals surface area contributed by atoms with E-state index in [0.717, 1.165) is 18.8 Å². The fourth-order valence-corrected chi connectivity index (χ4v) is 2.84. The smallest absolute Gasteiger partial charge is 0.0795 e. The maximum atomic E-state index is 4.35. The van der Waals surface area contributed by atoms with Crippen molar-refractivity contribution in [1.29, 1.82) is 0 Å². The van der Waals surface area contributed by atoms with E-state index in [-0.39, 0.29) is 0 Å². The molecule has 1 rings (SSSR count). The van der Waals surface area contributed by atoms with Crippen LogP contribution in [0.4, 0.5) is 0 Å². The van der Waals surface area contributed by atoms with Gasteiger partial charge in [0.25, 0.3) is 0 Å². The number of aromatic nitrogens is 1. The molecule has 104 valence electrons. The van der Waals surface area contributed by atoms with Gasteiger partial charge in [0.1, 0.15) is 0 Å². The Kier molecular flexibility index (Phi) is 7.47. The molecule has 0 aliphatic heterocycles. The Hall–Kier alpha value is -0.450. The topological polar surface area (TPSA) is 28.2 Å². The highest BCUT2D eigenvalue weighted by atomic mass is 32.1. The maximum Gasteiger partial charge on any atom is 0.0795 e. The molecule has 4 heteroatoms. The lowest BCUT2D eigenvalue weighted by Gasteiger charge is -2.21. The number of nitrogens with zero attached hydrogens (tertiary/aromatic N) is 2. The summed E-state index contributed by atoms with van der Waals surface area (Å²) in [6.45, 7) is 12.5. The van der Waals surface area contributed by atoms with E-state index in [4.69, 9.17) is 0 Å². The van der Waals surface area contributed by atoms with Crippen LogP contribution in [-0.2, 0) is 0 Å². The van der Waals surface area contributed by atoms with Gasteiger partial charge in [-0.15, -0.1) is 11.3 Å². The summed E-state index contributed by atoms with van der Waals surface area (Å²) < 4.78 is 0. The van der Waals surface area contributed by atoms with E-state index in [1.54, 1.807) is 11.3 Å². The first kappa shape index (κ1) is 15.6. The monoisotopic (exact) mass is 269 g/mol. The zero-order chi connectivity index (χ0) is 13.4. The predicted molar refractivity (Wildman–Crippen MR) is 80.1 cm³/mol. The van der Waals surface area contributed by atoms with E-state index in [9.17, 15) is 0 Å². The third-order valence-electron chi connectivity index (χ3n) is 3.44. The summed E-state index contributed by atoms with van der Waals surface area (Å²) in [6, 6.07) is 0.914. The van der Waals surface area contributed by atoms with Crippen molar-refractivity contribution >= 4 is 11.3 Å². The number of hydrogen-bond donors (Lipinski definition) is 1. The average Bonchev–Trinajstić information content (AvgIpc) is 2.88. The molecule has 0 saturated carbocycles. The summed E-state index contributed by atoms with van der Waals surface area (Å²) in [5, 5.41) is 5.74. The molecule has 1 aromatic rings. The normalized spacial score (nSPS) is 14.9. The van der Waals surface area contributed by atoms with Crippen molar-refractivity contribution in [3.05, 3.63) is 16.6 Å². The quantitative estimate of drug-likeness (QED) is 0.745. The fourth-order valence-electron chi connectivity index (χ4n) is 2.19. The number of hydrogen-bond acceptors (Lipinski definition) is 4. The molecule has 1 N–H and O–H groups in total. The molecule has 2 unspecified atom stereocenters. The van der Waals surface area contributed by atoms with Gasteiger partial charge in [0.2, 0.25) is 0 Å². The van der Waals surface area contributed by atoms with Crippen molar-refractivity contribution in [2.75, 3.05) is 19.6 Å². The Bertz CT molecular complexity index is 296. The second kappa shape index (κ2) is 8.62. The van der Waals surface area contributed by atoms with Crippen molar-refractivity contribution in [1.82, 2.24) is 15.2 Å². The molecule has 0 fully saturated rings. The molecule has 0 spiro atoms.